The first-order valence-electron chi connectivity index (χ1n) is 9.96. The number of hydrogen-bond donors (Lipinski definition) is 3. The summed E-state index contributed by atoms with van der Waals surface area (Å²) in [6, 6.07) is 13.2. The van der Waals surface area contributed by atoms with Crippen molar-refractivity contribution in [2.24, 2.45) is 0 Å². The van der Waals surface area contributed by atoms with Gasteiger partial charge in [0.25, 0.3) is 5.91 Å². The van der Waals surface area contributed by atoms with Crippen LogP contribution in [0.4, 0.5) is 5.69 Å². The first-order valence-corrected chi connectivity index (χ1v) is 11.4. The lowest BCUT2D eigenvalue weighted by molar-refractivity contribution is -0.123. The Bertz CT molecular complexity index is 919. The van der Waals surface area contributed by atoms with Gasteiger partial charge in [-0.2, -0.15) is 11.8 Å². The number of anilines is 1. The molecule has 0 bridgehead atoms. The smallest absolute Gasteiger partial charge is 0.255 e. The molecule has 3 N–H and O–H groups in total. The Kier molecular flexibility index (Phi) is 9.40. The van der Waals surface area contributed by atoms with Crippen molar-refractivity contribution in [3.63, 3.8) is 0 Å². The number of hydrogen-bond acceptors (Lipinski definition) is 5. The van der Waals surface area contributed by atoms with E-state index in [0.717, 1.165) is 11.3 Å². The molecule has 0 saturated carbocycles. The third-order valence-electron chi connectivity index (χ3n) is 4.65. The quantitative estimate of drug-likeness (QED) is 0.523. The Hall–Kier alpha value is -3.00. The van der Waals surface area contributed by atoms with Crippen LogP contribution in [-0.4, -0.2) is 42.9 Å². The third kappa shape index (κ3) is 7.32. The van der Waals surface area contributed by atoms with E-state index in [1.54, 1.807) is 42.1 Å². The fourth-order valence-electron chi connectivity index (χ4n) is 3.06. The van der Waals surface area contributed by atoms with E-state index in [4.69, 9.17) is 4.74 Å². The standard InChI is InChI=1S/C23H29N3O4S/c1-15(17-8-7-9-18(14-17)25-16(2)27)24-23(29)20(12-13-31-4)26-22(28)19-10-5-6-11-21(19)30-3/h5-11,14-15,20H,12-13H2,1-4H3,(H,24,29)(H,25,27)(H,26,28). The first-order chi connectivity index (χ1) is 14.8. The number of thioether (sulfide) groups is 1. The van der Waals surface area contributed by atoms with Gasteiger partial charge in [-0.3, -0.25) is 14.4 Å². The van der Waals surface area contributed by atoms with Gasteiger partial charge in [-0.25, -0.2) is 0 Å². The summed E-state index contributed by atoms with van der Waals surface area (Å²) in [6.07, 6.45) is 2.44. The summed E-state index contributed by atoms with van der Waals surface area (Å²) in [4.78, 5) is 37.1. The van der Waals surface area contributed by atoms with Crippen LogP contribution in [0.5, 0.6) is 5.75 Å². The van der Waals surface area contributed by atoms with Crippen LogP contribution in [0.2, 0.25) is 0 Å². The summed E-state index contributed by atoms with van der Waals surface area (Å²) >= 11 is 1.60. The van der Waals surface area contributed by atoms with Gasteiger partial charge >= 0.3 is 0 Å². The highest BCUT2D eigenvalue weighted by atomic mass is 32.2. The van der Waals surface area contributed by atoms with E-state index in [2.05, 4.69) is 16.0 Å². The van der Waals surface area contributed by atoms with E-state index < -0.39 is 6.04 Å². The molecular formula is C23H29N3O4S. The van der Waals surface area contributed by atoms with Crippen molar-refractivity contribution < 1.29 is 19.1 Å². The first kappa shape index (κ1) is 24.3. The van der Waals surface area contributed by atoms with Crippen LogP contribution >= 0.6 is 11.8 Å². The average molecular weight is 444 g/mol. The summed E-state index contributed by atoms with van der Waals surface area (Å²) in [5.41, 5.74) is 1.89. The molecule has 2 rings (SSSR count). The summed E-state index contributed by atoms with van der Waals surface area (Å²) in [5.74, 6) is 0.377. The van der Waals surface area contributed by atoms with Crippen molar-refractivity contribution in [3.05, 3.63) is 59.7 Å². The Morgan fingerprint density at radius 2 is 1.81 bits per heavy atom. The molecule has 166 valence electrons. The molecule has 0 fully saturated rings. The summed E-state index contributed by atoms with van der Waals surface area (Å²) in [5, 5.41) is 8.54. The predicted molar refractivity (Wildman–Crippen MR) is 125 cm³/mol. The van der Waals surface area contributed by atoms with Gasteiger partial charge in [-0.15, -0.1) is 0 Å². The minimum Gasteiger partial charge on any atom is -0.496 e. The molecule has 0 aliphatic rings. The molecule has 2 unspecified atom stereocenters. The molecule has 2 aromatic carbocycles. The number of ether oxygens (including phenoxy) is 1. The number of methoxy groups -OCH3 is 1. The molecule has 0 spiro atoms. The van der Waals surface area contributed by atoms with Gasteiger partial charge in [0, 0.05) is 12.6 Å². The minimum atomic E-state index is -0.689. The normalized spacial score (nSPS) is 12.4. The Labute approximate surface area is 187 Å². The molecule has 0 aliphatic carbocycles. The second-order valence-electron chi connectivity index (χ2n) is 7.04. The molecule has 3 amide bonds. The highest BCUT2D eigenvalue weighted by molar-refractivity contribution is 7.98. The minimum absolute atomic E-state index is 0.162. The van der Waals surface area contributed by atoms with Gasteiger partial charge < -0.3 is 20.7 Å². The molecule has 7 nitrogen and oxygen atoms in total. The fourth-order valence-corrected chi connectivity index (χ4v) is 3.53. The van der Waals surface area contributed by atoms with Crippen LogP contribution in [0, 0.1) is 0 Å². The fraction of sp³-hybridized carbons (Fsp3) is 0.348. The van der Waals surface area contributed by atoms with Crippen LogP contribution in [0.3, 0.4) is 0 Å². The van der Waals surface area contributed by atoms with Crippen molar-refractivity contribution in [1.29, 1.82) is 0 Å². The number of rotatable bonds is 10. The zero-order valence-corrected chi connectivity index (χ0v) is 19.0. The maximum atomic E-state index is 13.0. The van der Waals surface area contributed by atoms with Gasteiger partial charge in [0.15, 0.2) is 0 Å². The Balaban J connectivity index is 2.12. The highest BCUT2D eigenvalue weighted by Gasteiger charge is 2.24. The average Bonchev–Trinajstić information content (AvgIpc) is 2.75. The maximum absolute atomic E-state index is 13.0. The van der Waals surface area contributed by atoms with Crippen molar-refractivity contribution in [1.82, 2.24) is 10.6 Å². The second kappa shape index (κ2) is 12.0. The summed E-state index contributed by atoms with van der Waals surface area (Å²) in [6.45, 7) is 3.30. The number of carbonyl (C=O) groups is 3. The van der Waals surface area contributed by atoms with E-state index in [1.165, 1.54) is 14.0 Å². The van der Waals surface area contributed by atoms with Crippen molar-refractivity contribution in [2.45, 2.75) is 32.4 Å². The van der Waals surface area contributed by atoms with Gasteiger partial charge in [-0.1, -0.05) is 24.3 Å². The van der Waals surface area contributed by atoms with Crippen LogP contribution in [0.25, 0.3) is 0 Å². The van der Waals surface area contributed by atoms with E-state index in [9.17, 15) is 14.4 Å². The molecule has 31 heavy (non-hydrogen) atoms. The van der Waals surface area contributed by atoms with E-state index in [-0.39, 0.29) is 23.8 Å². The van der Waals surface area contributed by atoms with Crippen LogP contribution in [0.1, 0.15) is 42.2 Å². The van der Waals surface area contributed by atoms with E-state index in [0.29, 0.717) is 23.4 Å². The predicted octanol–water partition coefficient (Wildman–Crippen LogP) is 3.38. The maximum Gasteiger partial charge on any atom is 0.255 e. The molecule has 0 aliphatic heterocycles. The number of carbonyl (C=O) groups excluding carboxylic acids is 3. The molecular weight excluding hydrogens is 414 g/mol. The summed E-state index contributed by atoms with van der Waals surface area (Å²) in [7, 11) is 1.50. The molecule has 2 atom stereocenters. The number of para-hydroxylation sites is 1. The molecule has 2 aromatic rings. The second-order valence-corrected chi connectivity index (χ2v) is 8.03. The summed E-state index contributed by atoms with van der Waals surface area (Å²) < 4.78 is 5.26. The largest absolute Gasteiger partial charge is 0.496 e. The molecule has 8 heteroatoms. The lowest BCUT2D eigenvalue weighted by Crippen LogP contribution is -2.47. The van der Waals surface area contributed by atoms with Gasteiger partial charge in [0.05, 0.1) is 18.7 Å². The van der Waals surface area contributed by atoms with Crippen molar-refractivity contribution in [3.8, 4) is 5.75 Å². The highest BCUT2D eigenvalue weighted by Crippen LogP contribution is 2.19. The molecule has 0 aromatic heterocycles. The molecule has 0 saturated heterocycles. The number of amides is 3. The zero-order chi connectivity index (χ0) is 22.8. The van der Waals surface area contributed by atoms with E-state index >= 15 is 0 Å². The van der Waals surface area contributed by atoms with Gasteiger partial charge in [0.2, 0.25) is 11.8 Å². The topological polar surface area (TPSA) is 96.5 Å². The third-order valence-corrected chi connectivity index (χ3v) is 5.29. The zero-order valence-electron chi connectivity index (χ0n) is 18.2. The van der Waals surface area contributed by atoms with Gasteiger partial charge in [-0.05, 0) is 55.2 Å². The number of benzene rings is 2. The molecule has 0 radical (unpaired) electrons. The van der Waals surface area contributed by atoms with Crippen molar-refractivity contribution in [2.75, 3.05) is 24.4 Å². The van der Waals surface area contributed by atoms with Crippen LogP contribution in [-0.2, 0) is 9.59 Å². The Morgan fingerprint density at radius 3 is 2.48 bits per heavy atom. The van der Waals surface area contributed by atoms with Crippen molar-refractivity contribution >= 4 is 35.2 Å². The van der Waals surface area contributed by atoms with Crippen LogP contribution in [0.15, 0.2) is 48.5 Å². The molecule has 0 heterocycles. The number of nitrogens with one attached hydrogen (secondary N) is 3. The SMILES string of the molecule is COc1ccccc1C(=O)NC(CCSC)C(=O)NC(C)c1cccc(NC(C)=O)c1. The Morgan fingerprint density at radius 1 is 1.06 bits per heavy atom. The lowest BCUT2D eigenvalue weighted by atomic mass is 10.1. The monoisotopic (exact) mass is 443 g/mol. The van der Waals surface area contributed by atoms with Gasteiger partial charge in [0.1, 0.15) is 11.8 Å². The van der Waals surface area contributed by atoms with E-state index in [1.807, 2.05) is 31.4 Å². The van der Waals surface area contributed by atoms with Crippen LogP contribution < -0.4 is 20.7 Å². The lowest BCUT2D eigenvalue weighted by Gasteiger charge is -2.22.